The molecule has 0 aromatic heterocycles. The standard InChI is InChI=1S/C42H41N3O2/c1-30-11-15-32(16-12-30)28-44-23-5-8-36-25-34(19-21-40(36)44)39(10-4-3-7-38(27-43)42(46)47)35-20-22-41-37(26-35)9-6-24-45(41)29-33-17-13-31(2)14-18-33/h3-4,7,10-22,25-26H,5-6,8-9,23-24,28-29H2,1-2H3,(H,46,47)/b4-3+,38-7+. The Morgan fingerprint density at radius 2 is 1.19 bits per heavy atom. The second kappa shape index (κ2) is 14.4. The van der Waals surface area contributed by atoms with Gasteiger partial charge in [-0.3, -0.25) is 0 Å². The Morgan fingerprint density at radius 3 is 1.64 bits per heavy atom. The molecule has 4 aromatic carbocycles. The first-order valence-electron chi connectivity index (χ1n) is 16.5. The van der Waals surface area contributed by atoms with Gasteiger partial charge in [-0.15, -0.1) is 0 Å². The predicted molar refractivity (Wildman–Crippen MR) is 192 cm³/mol. The van der Waals surface area contributed by atoms with Gasteiger partial charge in [-0.05, 0) is 109 Å². The van der Waals surface area contributed by atoms with Gasteiger partial charge >= 0.3 is 5.97 Å². The molecule has 0 saturated carbocycles. The summed E-state index contributed by atoms with van der Waals surface area (Å²) in [4.78, 5) is 16.3. The lowest BCUT2D eigenvalue weighted by molar-refractivity contribution is -0.132. The molecule has 0 aliphatic carbocycles. The molecule has 0 saturated heterocycles. The molecule has 236 valence electrons. The number of aryl methyl sites for hydroxylation is 4. The van der Waals surface area contributed by atoms with Crippen molar-refractivity contribution in [3.8, 4) is 6.07 Å². The van der Waals surface area contributed by atoms with Crippen molar-refractivity contribution in [3.63, 3.8) is 0 Å². The molecule has 5 heteroatoms. The summed E-state index contributed by atoms with van der Waals surface area (Å²) in [5.41, 5.74) is 13.5. The maximum Gasteiger partial charge on any atom is 0.346 e. The Hall–Kier alpha value is -5.34. The summed E-state index contributed by atoms with van der Waals surface area (Å²) in [5, 5.41) is 18.5. The number of carbonyl (C=O) groups is 1. The van der Waals surface area contributed by atoms with E-state index in [9.17, 15) is 15.2 Å². The Bertz CT molecular complexity index is 1780. The Morgan fingerprint density at radius 1 is 0.723 bits per heavy atom. The van der Waals surface area contributed by atoms with Crippen LogP contribution in [0.2, 0.25) is 0 Å². The molecule has 2 aliphatic heterocycles. The lowest BCUT2D eigenvalue weighted by atomic mass is 9.90. The second-order valence-electron chi connectivity index (χ2n) is 12.7. The normalized spacial score (nSPS) is 14.4. The molecule has 4 aromatic rings. The molecular weight excluding hydrogens is 578 g/mol. The highest BCUT2D eigenvalue weighted by molar-refractivity contribution is 5.91. The van der Waals surface area contributed by atoms with Gasteiger partial charge in [0.15, 0.2) is 0 Å². The fraction of sp³-hybridized carbons (Fsp3) is 0.238. The number of rotatable bonds is 9. The summed E-state index contributed by atoms with van der Waals surface area (Å²) >= 11 is 0. The quantitative estimate of drug-likeness (QED) is 0.115. The number of fused-ring (bicyclic) bond motifs is 2. The van der Waals surface area contributed by atoms with Crippen LogP contribution in [0, 0.1) is 25.2 Å². The SMILES string of the molecule is Cc1ccc(CN2CCCc3cc(C(=C/C=C/C=C(\C#N)C(=O)O)c4ccc5c(c4)CCCN5Cc4ccc(C)cc4)ccc32)cc1. The number of hydrogen-bond acceptors (Lipinski definition) is 4. The average molecular weight is 620 g/mol. The molecule has 0 amide bonds. The van der Waals surface area contributed by atoms with Crippen LogP contribution in [0.25, 0.3) is 5.57 Å². The van der Waals surface area contributed by atoms with E-state index in [0.29, 0.717) is 0 Å². The van der Waals surface area contributed by atoms with Gasteiger partial charge in [0.2, 0.25) is 0 Å². The number of aliphatic carboxylic acids is 1. The van der Waals surface area contributed by atoms with E-state index in [-0.39, 0.29) is 5.57 Å². The maximum atomic E-state index is 11.3. The highest BCUT2D eigenvalue weighted by Crippen LogP contribution is 2.36. The van der Waals surface area contributed by atoms with E-state index in [1.54, 1.807) is 12.1 Å². The molecule has 0 unspecified atom stereocenters. The monoisotopic (exact) mass is 619 g/mol. The highest BCUT2D eigenvalue weighted by atomic mass is 16.4. The second-order valence-corrected chi connectivity index (χ2v) is 12.7. The van der Waals surface area contributed by atoms with Crippen molar-refractivity contribution in [2.24, 2.45) is 0 Å². The molecule has 5 nitrogen and oxygen atoms in total. The number of allylic oxidation sites excluding steroid dienone is 4. The van der Waals surface area contributed by atoms with Gasteiger partial charge in [0.25, 0.3) is 0 Å². The summed E-state index contributed by atoms with van der Waals surface area (Å²) in [5.74, 6) is -1.23. The summed E-state index contributed by atoms with van der Waals surface area (Å²) < 4.78 is 0. The maximum absolute atomic E-state index is 11.3. The van der Waals surface area contributed by atoms with Crippen molar-refractivity contribution < 1.29 is 9.90 Å². The van der Waals surface area contributed by atoms with E-state index < -0.39 is 5.97 Å². The van der Waals surface area contributed by atoms with Gasteiger partial charge in [0, 0.05) is 37.6 Å². The van der Waals surface area contributed by atoms with Crippen LogP contribution < -0.4 is 9.80 Å². The molecule has 2 aliphatic rings. The van der Waals surface area contributed by atoms with Crippen LogP contribution in [0.4, 0.5) is 11.4 Å². The molecule has 0 radical (unpaired) electrons. The van der Waals surface area contributed by atoms with E-state index >= 15 is 0 Å². The van der Waals surface area contributed by atoms with Crippen LogP contribution in [0.3, 0.4) is 0 Å². The van der Waals surface area contributed by atoms with Crippen LogP contribution in [0.1, 0.15) is 57.3 Å². The fourth-order valence-corrected chi connectivity index (χ4v) is 6.66. The minimum atomic E-state index is -1.23. The molecular formula is C42H41N3O2. The summed E-state index contributed by atoms with van der Waals surface area (Å²) in [6, 6.07) is 33.0. The van der Waals surface area contributed by atoms with Gasteiger partial charge < -0.3 is 14.9 Å². The van der Waals surface area contributed by atoms with Crippen molar-refractivity contribution in [1.82, 2.24) is 0 Å². The number of carboxylic acids is 1. The van der Waals surface area contributed by atoms with Gasteiger partial charge in [-0.2, -0.15) is 5.26 Å². The zero-order valence-corrected chi connectivity index (χ0v) is 27.2. The van der Waals surface area contributed by atoms with Crippen molar-refractivity contribution in [2.75, 3.05) is 22.9 Å². The lowest BCUT2D eigenvalue weighted by Crippen LogP contribution is -2.29. The molecule has 0 bridgehead atoms. The first-order valence-corrected chi connectivity index (χ1v) is 16.5. The number of nitriles is 1. The van der Waals surface area contributed by atoms with Gasteiger partial charge in [0.1, 0.15) is 11.6 Å². The number of hydrogen-bond donors (Lipinski definition) is 1. The van der Waals surface area contributed by atoms with Gasteiger partial charge in [-0.25, -0.2) is 4.79 Å². The van der Waals surface area contributed by atoms with Gasteiger partial charge in [-0.1, -0.05) is 90.0 Å². The largest absolute Gasteiger partial charge is 0.477 e. The Balaban J connectivity index is 1.33. The minimum absolute atomic E-state index is 0.291. The van der Waals surface area contributed by atoms with Crippen molar-refractivity contribution in [3.05, 3.63) is 159 Å². The molecule has 6 rings (SSSR count). The average Bonchev–Trinajstić information content (AvgIpc) is 3.08. The Labute approximate surface area is 278 Å². The first-order chi connectivity index (χ1) is 22.9. The molecule has 1 N–H and O–H groups in total. The molecule has 2 heterocycles. The lowest BCUT2D eigenvalue weighted by Gasteiger charge is -2.32. The zero-order valence-electron chi connectivity index (χ0n) is 27.2. The van der Waals surface area contributed by atoms with E-state index in [1.165, 1.54) is 50.8 Å². The van der Waals surface area contributed by atoms with Crippen LogP contribution in [-0.4, -0.2) is 24.2 Å². The third-order valence-corrected chi connectivity index (χ3v) is 9.19. The third kappa shape index (κ3) is 7.56. The van der Waals surface area contributed by atoms with E-state index in [0.717, 1.165) is 68.6 Å². The van der Waals surface area contributed by atoms with E-state index in [1.807, 2.05) is 12.2 Å². The number of benzene rings is 4. The van der Waals surface area contributed by atoms with Crippen LogP contribution in [0.15, 0.2) is 115 Å². The minimum Gasteiger partial charge on any atom is -0.477 e. The molecule has 0 atom stereocenters. The third-order valence-electron chi connectivity index (χ3n) is 9.19. The summed E-state index contributed by atoms with van der Waals surface area (Å²) in [7, 11) is 0. The van der Waals surface area contributed by atoms with E-state index in [4.69, 9.17) is 0 Å². The van der Waals surface area contributed by atoms with Crippen molar-refractivity contribution in [1.29, 1.82) is 5.26 Å². The van der Waals surface area contributed by atoms with Crippen molar-refractivity contribution in [2.45, 2.75) is 52.6 Å². The van der Waals surface area contributed by atoms with Crippen LogP contribution >= 0.6 is 0 Å². The number of carboxylic acid groups (broad SMARTS) is 1. The molecule has 0 fully saturated rings. The number of nitrogens with zero attached hydrogens (tertiary/aromatic N) is 3. The summed E-state index contributed by atoms with van der Waals surface area (Å²) in [6.07, 6.45) is 11.1. The Kier molecular flexibility index (Phi) is 9.69. The zero-order chi connectivity index (χ0) is 32.8. The predicted octanol–water partition coefficient (Wildman–Crippen LogP) is 8.73. The van der Waals surface area contributed by atoms with Crippen LogP contribution in [0.5, 0.6) is 0 Å². The van der Waals surface area contributed by atoms with Crippen molar-refractivity contribution >= 4 is 22.9 Å². The fourth-order valence-electron chi connectivity index (χ4n) is 6.66. The van der Waals surface area contributed by atoms with Crippen LogP contribution in [-0.2, 0) is 30.7 Å². The van der Waals surface area contributed by atoms with Gasteiger partial charge in [0.05, 0.1) is 0 Å². The first kappa shape index (κ1) is 31.6. The topological polar surface area (TPSA) is 67.6 Å². The summed E-state index contributed by atoms with van der Waals surface area (Å²) in [6.45, 7) is 8.09. The number of anilines is 2. The van der Waals surface area contributed by atoms with E-state index in [2.05, 4.69) is 109 Å². The molecule has 47 heavy (non-hydrogen) atoms. The highest BCUT2D eigenvalue weighted by Gasteiger charge is 2.21. The molecule has 0 spiro atoms. The smallest absolute Gasteiger partial charge is 0.346 e.